The van der Waals surface area contributed by atoms with Crippen molar-refractivity contribution in [3.8, 4) is 0 Å². The molecule has 1 saturated carbocycles. The maximum atomic E-state index is 11.9. The summed E-state index contributed by atoms with van der Waals surface area (Å²) in [6.07, 6.45) is 6.31. The molecule has 0 saturated heterocycles. The summed E-state index contributed by atoms with van der Waals surface area (Å²) in [4.78, 5) is 23.8. The van der Waals surface area contributed by atoms with Gasteiger partial charge in [0.05, 0.1) is 4.90 Å². The second kappa shape index (κ2) is 8.25. The standard InChI is InChI=1S/C16H23N3O4S/c17-24(22,23)14-9-7-12(8-10-14)11-18-15(20)16(21)19-13-5-3-1-2-4-6-13/h7-10,13H,1-6,11H2,(H,18,20)(H,19,21)(H2,17,22,23). The number of carbonyl (C=O) groups excluding carboxylic acids is 2. The van der Waals surface area contributed by atoms with Crippen LogP contribution in [0.2, 0.25) is 0 Å². The molecule has 0 bridgehead atoms. The van der Waals surface area contributed by atoms with Gasteiger partial charge in [-0.15, -0.1) is 0 Å². The van der Waals surface area contributed by atoms with E-state index in [0.29, 0.717) is 5.56 Å². The van der Waals surface area contributed by atoms with Crippen molar-refractivity contribution in [2.75, 3.05) is 0 Å². The first-order valence-electron chi connectivity index (χ1n) is 8.07. The van der Waals surface area contributed by atoms with Crippen LogP contribution in [-0.4, -0.2) is 26.3 Å². The molecule has 4 N–H and O–H groups in total. The Balaban J connectivity index is 1.82. The number of carbonyl (C=O) groups is 2. The number of benzene rings is 1. The molecule has 24 heavy (non-hydrogen) atoms. The summed E-state index contributed by atoms with van der Waals surface area (Å²) in [6.45, 7) is 0.141. The van der Waals surface area contributed by atoms with Crippen LogP contribution in [0, 0.1) is 0 Å². The first-order chi connectivity index (χ1) is 11.4. The van der Waals surface area contributed by atoms with Crippen LogP contribution in [0.15, 0.2) is 29.2 Å². The molecule has 0 heterocycles. The Hall–Kier alpha value is -1.93. The zero-order chi connectivity index (χ0) is 17.6. The predicted molar refractivity (Wildman–Crippen MR) is 89.3 cm³/mol. The molecule has 1 aliphatic rings. The number of primary sulfonamides is 1. The quantitative estimate of drug-likeness (QED) is 0.548. The van der Waals surface area contributed by atoms with Gasteiger partial charge in [0, 0.05) is 12.6 Å². The van der Waals surface area contributed by atoms with Crippen molar-refractivity contribution in [2.24, 2.45) is 5.14 Å². The molecule has 2 amide bonds. The minimum Gasteiger partial charge on any atom is -0.345 e. The highest BCUT2D eigenvalue weighted by Gasteiger charge is 2.19. The predicted octanol–water partition coefficient (Wildman–Crippen LogP) is 0.789. The lowest BCUT2D eigenvalue weighted by Crippen LogP contribution is -2.44. The van der Waals surface area contributed by atoms with Gasteiger partial charge in [-0.1, -0.05) is 37.8 Å². The van der Waals surface area contributed by atoms with E-state index in [9.17, 15) is 18.0 Å². The van der Waals surface area contributed by atoms with Crippen LogP contribution in [0.4, 0.5) is 0 Å². The third kappa shape index (κ3) is 5.61. The fourth-order valence-electron chi connectivity index (χ4n) is 2.73. The molecule has 1 aromatic rings. The van der Waals surface area contributed by atoms with Crippen molar-refractivity contribution in [3.05, 3.63) is 29.8 Å². The summed E-state index contributed by atoms with van der Waals surface area (Å²) in [6, 6.07) is 5.89. The van der Waals surface area contributed by atoms with E-state index in [-0.39, 0.29) is 17.5 Å². The normalized spacial score (nSPS) is 16.2. The first-order valence-corrected chi connectivity index (χ1v) is 9.61. The van der Waals surface area contributed by atoms with Crippen LogP contribution in [-0.2, 0) is 26.2 Å². The highest BCUT2D eigenvalue weighted by molar-refractivity contribution is 7.89. The van der Waals surface area contributed by atoms with Crippen molar-refractivity contribution in [3.63, 3.8) is 0 Å². The summed E-state index contributed by atoms with van der Waals surface area (Å²) < 4.78 is 22.3. The zero-order valence-electron chi connectivity index (χ0n) is 13.5. The molecule has 0 aromatic heterocycles. The monoisotopic (exact) mass is 353 g/mol. The van der Waals surface area contributed by atoms with E-state index in [4.69, 9.17) is 5.14 Å². The summed E-state index contributed by atoms with van der Waals surface area (Å²) in [5, 5.41) is 10.3. The van der Waals surface area contributed by atoms with Gasteiger partial charge < -0.3 is 10.6 Å². The summed E-state index contributed by atoms with van der Waals surface area (Å²) in [5.41, 5.74) is 0.679. The van der Waals surface area contributed by atoms with E-state index >= 15 is 0 Å². The Labute approximate surface area is 142 Å². The Morgan fingerprint density at radius 1 is 1.00 bits per heavy atom. The van der Waals surface area contributed by atoms with E-state index in [1.54, 1.807) is 12.1 Å². The average Bonchev–Trinajstić information content (AvgIpc) is 2.80. The summed E-state index contributed by atoms with van der Waals surface area (Å²) in [5.74, 6) is -1.31. The van der Waals surface area contributed by atoms with Crippen molar-refractivity contribution >= 4 is 21.8 Å². The molecular weight excluding hydrogens is 330 g/mol. The highest BCUT2D eigenvalue weighted by Crippen LogP contribution is 2.17. The lowest BCUT2D eigenvalue weighted by Gasteiger charge is -2.15. The number of nitrogens with two attached hydrogens (primary N) is 1. The Morgan fingerprint density at radius 2 is 1.58 bits per heavy atom. The molecule has 1 aromatic carbocycles. The summed E-state index contributed by atoms with van der Waals surface area (Å²) in [7, 11) is -3.74. The third-order valence-electron chi connectivity index (χ3n) is 4.10. The largest absolute Gasteiger partial charge is 0.345 e. The molecule has 0 aliphatic heterocycles. The number of rotatable bonds is 4. The van der Waals surface area contributed by atoms with Crippen LogP contribution < -0.4 is 15.8 Å². The minimum atomic E-state index is -3.74. The number of nitrogens with one attached hydrogen (secondary N) is 2. The second-order valence-corrected chi connectivity index (χ2v) is 7.60. The van der Waals surface area contributed by atoms with Crippen LogP contribution >= 0.6 is 0 Å². The van der Waals surface area contributed by atoms with E-state index < -0.39 is 21.8 Å². The van der Waals surface area contributed by atoms with E-state index in [1.807, 2.05) is 0 Å². The SMILES string of the molecule is NS(=O)(=O)c1ccc(CNC(=O)C(=O)NC2CCCCCC2)cc1. The van der Waals surface area contributed by atoms with E-state index in [2.05, 4.69) is 10.6 Å². The Bertz CT molecular complexity index is 678. The fraction of sp³-hybridized carbons (Fsp3) is 0.500. The van der Waals surface area contributed by atoms with Gasteiger partial charge in [0.25, 0.3) is 0 Å². The molecule has 132 valence electrons. The lowest BCUT2D eigenvalue weighted by molar-refractivity contribution is -0.139. The van der Waals surface area contributed by atoms with Crippen molar-refractivity contribution in [1.82, 2.24) is 10.6 Å². The molecule has 8 heteroatoms. The van der Waals surface area contributed by atoms with Crippen molar-refractivity contribution in [1.29, 1.82) is 0 Å². The van der Waals surface area contributed by atoms with Crippen molar-refractivity contribution in [2.45, 2.75) is 56.0 Å². The smallest absolute Gasteiger partial charge is 0.309 e. The van der Waals surface area contributed by atoms with Crippen LogP contribution in [0.3, 0.4) is 0 Å². The maximum Gasteiger partial charge on any atom is 0.309 e. The van der Waals surface area contributed by atoms with Gasteiger partial charge in [-0.2, -0.15) is 0 Å². The average molecular weight is 353 g/mol. The van der Waals surface area contributed by atoms with Gasteiger partial charge in [-0.05, 0) is 30.5 Å². The second-order valence-electron chi connectivity index (χ2n) is 6.03. The van der Waals surface area contributed by atoms with Gasteiger partial charge in [-0.25, -0.2) is 13.6 Å². The van der Waals surface area contributed by atoms with Gasteiger partial charge in [0.1, 0.15) is 0 Å². The zero-order valence-corrected chi connectivity index (χ0v) is 14.3. The fourth-order valence-corrected chi connectivity index (χ4v) is 3.25. The topological polar surface area (TPSA) is 118 Å². The van der Waals surface area contributed by atoms with E-state index in [0.717, 1.165) is 25.7 Å². The number of amides is 2. The van der Waals surface area contributed by atoms with Gasteiger partial charge in [0.2, 0.25) is 10.0 Å². The molecule has 0 radical (unpaired) electrons. The van der Waals surface area contributed by atoms with Crippen molar-refractivity contribution < 1.29 is 18.0 Å². The minimum absolute atomic E-state index is 0.00341. The van der Waals surface area contributed by atoms with Gasteiger partial charge >= 0.3 is 11.8 Å². The van der Waals surface area contributed by atoms with Crippen LogP contribution in [0.1, 0.15) is 44.1 Å². The maximum absolute atomic E-state index is 11.9. The van der Waals surface area contributed by atoms with Gasteiger partial charge in [-0.3, -0.25) is 9.59 Å². The lowest BCUT2D eigenvalue weighted by atomic mass is 10.1. The third-order valence-corrected chi connectivity index (χ3v) is 5.03. The molecule has 2 rings (SSSR count). The molecule has 1 fully saturated rings. The Morgan fingerprint density at radius 3 is 2.12 bits per heavy atom. The van der Waals surface area contributed by atoms with Crippen LogP contribution in [0.25, 0.3) is 0 Å². The first kappa shape index (κ1) is 18.4. The molecule has 7 nitrogen and oxygen atoms in total. The highest BCUT2D eigenvalue weighted by atomic mass is 32.2. The number of hydrogen-bond donors (Lipinski definition) is 3. The number of hydrogen-bond acceptors (Lipinski definition) is 4. The Kier molecular flexibility index (Phi) is 6.33. The van der Waals surface area contributed by atoms with E-state index in [1.165, 1.54) is 25.0 Å². The molecule has 1 aliphatic carbocycles. The molecular formula is C16H23N3O4S. The number of sulfonamides is 1. The van der Waals surface area contributed by atoms with Crippen LogP contribution in [0.5, 0.6) is 0 Å². The molecule has 0 atom stereocenters. The van der Waals surface area contributed by atoms with Gasteiger partial charge in [0.15, 0.2) is 0 Å². The molecule has 0 spiro atoms. The summed E-state index contributed by atoms with van der Waals surface area (Å²) >= 11 is 0. The molecule has 0 unspecified atom stereocenters.